The fraction of sp³-hybridized carbons (Fsp3) is 0. The van der Waals surface area contributed by atoms with Gasteiger partial charge in [-0.2, -0.15) is 0 Å². The molecule has 2 aromatic rings. The first kappa shape index (κ1) is 16.5. The van der Waals surface area contributed by atoms with Crippen molar-refractivity contribution in [3.05, 3.63) is 76.4 Å². The number of benzene rings is 2. The van der Waals surface area contributed by atoms with Gasteiger partial charge in [-0.3, -0.25) is 15.0 Å². The van der Waals surface area contributed by atoms with Crippen molar-refractivity contribution in [1.29, 1.82) is 0 Å². The summed E-state index contributed by atoms with van der Waals surface area (Å²) < 4.78 is 0. The van der Waals surface area contributed by atoms with E-state index in [2.05, 4.69) is 5.32 Å². The van der Waals surface area contributed by atoms with Crippen molar-refractivity contribution in [3.8, 4) is 0 Å². The zero-order chi connectivity index (χ0) is 16.8. The van der Waals surface area contributed by atoms with Crippen LogP contribution in [-0.2, 0) is 4.79 Å². The molecule has 2 rings (SSSR count). The fourth-order valence-corrected chi connectivity index (χ4v) is 1.99. The minimum atomic E-state index is -0.707. The number of nitrogens with two attached hydrogens (primary N) is 2. The van der Waals surface area contributed by atoms with Crippen LogP contribution in [0.5, 0.6) is 0 Å². The Morgan fingerprint density at radius 2 is 1.52 bits per heavy atom. The topological polar surface area (TPSA) is 110 Å². The second-order valence-electron chi connectivity index (χ2n) is 4.59. The van der Waals surface area contributed by atoms with E-state index in [0.717, 1.165) is 0 Å². The third kappa shape index (κ3) is 4.09. The maximum atomic E-state index is 12.2. The molecule has 23 heavy (non-hydrogen) atoms. The summed E-state index contributed by atoms with van der Waals surface area (Å²) >= 11 is 5.82. The van der Waals surface area contributed by atoms with E-state index in [1.807, 2.05) is 5.43 Å². The molecular weight excluding hydrogens is 316 g/mol. The fourth-order valence-electron chi connectivity index (χ4n) is 1.87. The van der Waals surface area contributed by atoms with Gasteiger partial charge in [-0.05, 0) is 29.8 Å². The van der Waals surface area contributed by atoms with Crippen LogP contribution in [0.3, 0.4) is 0 Å². The SMILES string of the molecule is NNC(=O)/C(NC(=O)c1ccccc1)=C(\N)c1ccc(Cl)cc1. The third-order valence-electron chi connectivity index (χ3n) is 3.06. The average molecular weight is 331 g/mol. The van der Waals surface area contributed by atoms with E-state index < -0.39 is 11.8 Å². The Labute approximate surface area is 138 Å². The minimum Gasteiger partial charge on any atom is -0.396 e. The van der Waals surface area contributed by atoms with Gasteiger partial charge in [0, 0.05) is 10.6 Å². The zero-order valence-electron chi connectivity index (χ0n) is 12.0. The highest BCUT2D eigenvalue weighted by molar-refractivity contribution is 6.30. The van der Waals surface area contributed by atoms with E-state index in [0.29, 0.717) is 16.1 Å². The standard InChI is InChI=1S/C16H15ClN4O2/c17-12-8-6-10(7-9-12)13(18)14(16(23)21-19)20-15(22)11-4-2-1-3-5-11/h1-9H,18-19H2,(H,20,22)(H,21,23)/b14-13+. The molecule has 0 aromatic heterocycles. The van der Waals surface area contributed by atoms with Gasteiger partial charge >= 0.3 is 0 Å². The first-order valence-corrected chi connectivity index (χ1v) is 7.03. The third-order valence-corrected chi connectivity index (χ3v) is 3.31. The van der Waals surface area contributed by atoms with Gasteiger partial charge in [-0.25, -0.2) is 5.84 Å². The predicted octanol–water partition coefficient (Wildman–Crippen LogP) is 1.39. The molecule has 6 nitrogen and oxygen atoms in total. The van der Waals surface area contributed by atoms with Crippen molar-refractivity contribution in [1.82, 2.24) is 10.7 Å². The molecule has 0 bridgehead atoms. The van der Waals surface area contributed by atoms with Crippen LogP contribution in [0.25, 0.3) is 5.70 Å². The number of amides is 2. The van der Waals surface area contributed by atoms with Gasteiger partial charge in [0.05, 0.1) is 5.70 Å². The van der Waals surface area contributed by atoms with Gasteiger partial charge in [0.1, 0.15) is 5.70 Å². The van der Waals surface area contributed by atoms with E-state index in [1.165, 1.54) is 0 Å². The second kappa shape index (κ2) is 7.44. The van der Waals surface area contributed by atoms with Crippen LogP contribution in [0.2, 0.25) is 5.02 Å². The molecule has 0 fully saturated rings. The number of hydrogen-bond acceptors (Lipinski definition) is 4. The molecule has 118 valence electrons. The summed E-state index contributed by atoms with van der Waals surface area (Å²) in [7, 11) is 0. The average Bonchev–Trinajstić information content (AvgIpc) is 2.59. The lowest BCUT2D eigenvalue weighted by atomic mass is 10.1. The number of halogens is 1. The summed E-state index contributed by atoms with van der Waals surface area (Å²) in [5.74, 6) is 3.99. The highest BCUT2D eigenvalue weighted by atomic mass is 35.5. The smallest absolute Gasteiger partial charge is 0.283 e. The molecule has 2 aromatic carbocycles. The molecule has 7 heteroatoms. The summed E-state index contributed by atoms with van der Waals surface area (Å²) in [5, 5.41) is 3.02. The Morgan fingerprint density at radius 3 is 2.09 bits per heavy atom. The predicted molar refractivity (Wildman–Crippen MR) is 88.8 cm³/mol. The number of hydrazine groups is 1. The first-order valence-electron chi connectivity index (χ1n) is 6.66. The van der Waals surface area contributed by atoms with E-state index in [9.17, 15) is 9.59 Å². The first-order chi connectivity index (χ1) is 11.0. The van der Waals surface area contributed by atoms with Crippen molar-refractivity contribution in [2.45, 2.75) is 0 Å². The Bertz CT molecular complexity index is 742. The molecule has 6 N–H and O–H groups in total. The van der Waals surface area contributed by atoms with Crippen LogP contribution in [0, 0.1) is 0 Å². The molecule has 0 heterocycles. The van der Waals surface area contributed by atoms with E-state index >= 15 is 0 Å². The van der Waals surface area contributed by atoms with E-state index in [4.69, 9.17) is 23.2 Å². The molecule has 0 aliphatic heterocycles. The van der Waals surface area contributed by atoms with Crippen molar-refractivity contribution in [3.63, 3.8) is 0 Å². The van der Waals surface area contributed by atoms with Gasteiger partial charge in [-0.15, -0.1) is 0 Å². The molecule has 0 atom stereocenters. The van der Waals surface area contributed by atoms with Gasteiger partial charge in [0.2, 0.25) is 0 Å². The van der Waals surface area contributed by atoms with Crippen molar-refractivity contribution >= 4 is 29.1 Å². The molecule has 0 aliphatic rings. The lowest BCUT2D eigenvalue weighted by Gasteiger charge is -2.12. The van der Waals surface area contributed by atoms with Crippen molar-refractivity contribution < 1.29 is 9.59 Å². The molecule has 0 spiro atoms. The number of hydrogen-bond donors (Lipinski definition) is 4. The monoisotopic (exact) mass is 330 g/mol. The molecule has 0 aliphatic carbocycles. The van der Waals surface area contributed by atoms with Gasteiger partial charge in [0.15, 0.2) is 0 Å². The largest absolute Gasteiger partial charge is 0.396 e. The van der Waals surface area contributed by atoms with Crippen LogP contribution in [0.1, 0.15) is 15.9 Å². The van der Waals surface area contributed by atoms with Crippen LogP contribution < -0.4 is 22.3 Å². The minimum absolute atomic E-state index is 0.0777. The lowest BCUT2D eigenvalue weighted by Crippen LogP contribution is -2.40. The molecular formula is C16H15ClN4O2. The summed E-state index contributed by atoms with van der Waals surface area (Å²) in [4.78, 5) is 24.2. The molecule has 0 radical (unpaired) electrons. The van der Waals surface area contributed by atoms with Crippen molar-refractivity contribution in [2.24, 2.45) is 11.6 Å². The van der Waals surface area contributed by atoms with Crippen LogP contribution in [0.15, 0.2) is 60.3 Å². The summed E-state index contributed by atoms with van der Waals surface area (Å²) in [6.07, 6.45) is 0. The Hall–Kier alpha value is -2.83. The highest BCUT2D eigenvalue weighted by Crippen LogP contribution is 2.16. The molecule has 2 amide bonds. The van der Waals surface area contributed by atoms with Gasteiger partial charge in [-0.1, -0.05) is 41.9 Å². The van der Waals surface area contributed by atoms with Crippen molar-refractivity contribution in [2.75, 3.05) is 0 Å². The summed E-state index contributed by atoms with van der Waals surface area (Å²) in [6, 6.07) is 15.0. The summed E-state index contributed by atoms with van der Waals surface area (Å²) in [6.45, 7) is 0. The number of carbonyl (C=O) groups excluding carboxylic acids is 2. The number of rotatable bonds is 4. The maximum Gasteiger partial charge on any atom is 0.283 e. The molecule has 0 unspecified atom stereocenters. The van der Waals surface area contributed by atoms with Crippen LogP contribution in [0.4, 0.5) is 0 Å². The van der Waals surface area contributed by atoms with Gasteiger partial charge < -0.3 is 11.1 Å². The molecule has 0 saturated heterocycles. The van der Waals surface area contributed by atoms with Gasteiger partial charge in [0.25, 0.3) is 11.8 Å². The lowest BCUT2D eigenvalue weighted by molar-refractivity contribution is -0.117. The quantitative estimate of drug-likeness (QED) is 0.294. The Morgan fingerprint density at radius 1 is 0.913 bits per heavy atom. The normalized spacial score (nSPS) is 11.4. The highest BCUT2D eigenvalue weighted by Gasteiger charge is 2.18. The number of nitrogens with one attached hydrogen (secondary N) is 2. The Balaban J connectivity index is 2.37. The van der Waals surface area contributed by atoms with E-state index in [1.54, 1.807) is 54.6 Å². The van der Waals surface area contributed by atoms with Crippen LogP contribution in [-0.4, -0.2) is 11.8 Å². The maximum absolute atomic E-state index is 12.2. The van der Waals surface area contributed by atoms with Crippen LogP contribution >= 0.6 is 11.6 Å². The number of carbonyl (C=O) groups is 2. The molecule has 0 saturated carbocycles. The van der Waals surface area contributed by atoms with E-state index in [-0.39, 0.29) is 11.4 Å². The zero-order valence-corrected chi connectivity index (χ0v) is 12.8. The second-order valence-corrected chi connectivity index (χ2v) is 5.03. The Kier molecular flexibility index (Phi) is 5.35. The summed E-state index contributed by atoms with van der Waals surface area (Å²) in [5.41, 5.74) is 8.82.